The predicted molar refractivity (Wildman–Crippen MR) is 158 cm³/mol. The van der Waals surface area contributed by atoms with Crippen LogP contribution in [0.5, 0.6) is 11.5 Å². The molecule has 2 aromatic heterocycles. The van der Waals surface area contributed by atoms with E-state index in [9.17, 15) is 0 Å². The molecule has 3 heterocycles. The van der Waals surface area contributed by atoms with Crippen molar-refractivity contribution in [1.29, 1.82) is 0 Å². The number of fused-ring (bicyclic) bond motifs is 1. The van der Waals surface area contributed by atoms with Crippen LogP contribution in [-0.2, 0) is 13.1 Å². The number of nitrogen functional groups attached to an aromatic ring is 1. The fraction of sp³-hybridized carbons (Fsp3) is 0.258. The molecular weight excluding hydrogens is 521 g/mol. The Bertz CT molecular complexity index is 1650. The highest BCUT2D eigenvalue weighted by molar-refractivity contribution is 5.99. The molecule has 3 aromatic carbocycles. The summed E-state index contributed by atoms with van der Waals surface area (Å²) in [6.45, 7) is 4.45. The minimum Gasteiger partial charge on any atom is -0.497 e. The molecule has 0 amide bonds. The van der Waals surface area contributed by atoms with Crippen LogP contribution in [0.2, 0.25) is 0 Å². The number of ether oxygens (including phenoxy) is 2. The first-order chi connectivity index (χ1) is 20.0. The van der Waals surface area contributed by atoms with Gasteiger partial charge >= 0.3 is 0 Å². The Morgan fingerprint density at radius 2 is 1.49 bits per heavy atom. The number of anilines is 2. The first-order valence-corrected chi connectivity index (χ1v) is 13.5. The largest absolute Gasteiger partial charge is 0.497 e. The summed E-state index contributed by atoms with van der Waals surface area (Å²) in [5.74, 6) is 1.73. The summed E-state index contributed by atoms with van der Waals surface area (Å²) in [5.41, 5.74) is 10.1. The molecule has 1 aliphatic heterocycles. The van der Waals surface area contributed by atoms with Crippen molar-refractivity contribution < 1.29 is 13.9 Å². The number of hydrogen-bond acceptors (Lipinski definition) is 8. The number of rotatable bonds is 8. The maximum absolute atomic E-state index is 15.4. The lowest BCUT2D eigenvalue weighted by atomic mass is 10.1. The van der Waals surface area contributed by atoms with Crippen molar-refractivity contribution in [2.75, 3.05) is 51.0 Å². The molecule has 10 heteroatoms. The normalized spacial score (nSPS) is 14.0. The predicted octanol–water partition coefficient (Wildman–Crippen LogP) is 4.60. The molecule has 5 aromatic rings. The highest BCUT2D eigenvalue weighted by Gasteiger charge is 2.25. The molecule has 9 nitrogen and oxygen atoms in total. The van der Waals surface area contributed by atoms with Crippen molar-refractivity contribution >= 4 is 22.8 Å². The van der Waals surface area contributed by atoms with Gasteiger partial charge in [0.15, 0.2) is 5.65 Å². The van der Waals surface area contributed by atoms with E-state index in [1.807, 2.05) is 42.5 Å². The molecule has 41 heavy (non-hydrogen) atoms. The molecule has 0 spiro atoms. The maximum Gasteiger partial charge on any atom is 0.228 e. The van der Waals surface area contributed by atoms with Crippen molar-refractivity contribution in [2.45, 2.75) is 13.1 Å². The molecule has 1 aliphatic rings. The van der Waals surface area contributed by atoms with Crippen LogP contribution in [0.3, 0.4) is 0 Å². The zero-order valence-electron chi connectivity index (χ0n) is 23.1. The maximum atomic E-state index is 15.4. The quantitative estimate of drug-likeness (QED) is 0.298. The zero-order chi connectivity index (χ0) is 28.3. The van der Waals surface area contributed by atoms with E-state index >= 15 is 4.39 Å². The van der Waals surface area contributed by atoms with E-state index in [2.05, 4.69) is 21.9 Å². The molecule has 0 unspecified atom stereocenters. The third-order valence-electron chi connectivity index (χ3n) is 7.45. The van der Waals surface area contributed by atoms with Crippen LogP contribution in [0, 0.1) is 5.82 Å². The van der Waals surface area contributed by atoms with E-state index in [1.54, 1.807) is 23.9 Å². The lowest BCUT2D eigenvalue weighted by Gasteiger charge is -2.34. The third kappa shape index (κ3) is 5.51. The van der Waals surface area contributed by atoms with Gasteiger partial charge in [-0.2, -0.15) is 4.98 Å². The monoisotopic (exact) mass is 553 g/mol. The van der Waals surface area contributed by atoms with Gasteiger partial charge in [-0.1, -0.05) is 42.5 Å². The zero-order valence-corrected chi connectivity index (χ0v) is 23.1. The Hall–Kier alpha value is -4.70. The number of nitrogens with two attached hydrogens (primary N) is 1. The van der Waals surface area contributed by atoms with Crippen molar-refractivity contribution in [2.24, 2.45) is 0 Å². The van der Waals surface area contributed by atoms with Crippen LogP contribution in [0.1, 0.15) is 11.1 Å². The first kappa shape index (κ1) is 26.5. The number of nitrogens with zero attached hydrogens (tertiary/aromatic N) is 6. The van der Waals surface area contributed by atoms with Gasteiger partial charge in [0.25, 0.3) is 0 Å². The number of piperazine rings is 1. The molecule has 6 rings (SSSR count). The molecular formula is C31H32FN7O2. The third-order valence-corrected chi connectivity index (χ3v) is 7.45. The SMILES string of the molecule is COc1ccc(CN2CCN(c3nc(-c4ccc(OC)cc4F)c4c(N)n(Cc5ccccc5)nc4n3)CC2)cc1. The van der Waals surface area contributed by atoms with Gasteiger partial charge < -0.3 is 20.1 Å². The molecule has 2 N–H and O–H groups in total. The van der Waals surface area contributed by atoms with E-state index in [0.717, 1.165) is 44.0 Å². The number of hydrogen-bond donors (Lipinski definition) is 1. The Morgan fingerprint density at radius 3 is 2.17 bits per heavy atom. The van der Waals surface area contributed by atoms with E-state index < -0.39 is 5.82 Å². The van der Waals surface area contributed by atoms with Gasteiger partial charge in [0, 0.05) is 44.4 Å². The summed E-state index contributed by atoms with van der Waals surface area (Å²) < 4.78 is 27.6. The summed E-state index contributed by atoms with van der Waals surface area (Å²) in [5, 5.41) is 5.28. The second-order valence-corrected chi connectivity index (χ2v) is 10.1. The summed E-state index contributed by atoms with van der Waals surface area (Å²) in [6, 6.07) is 22.8. The highest BCUT2D eigenvalue weighted by Crippen LogP contribution is 2.35. The summed E-state index contributed by atoms with van der Waals surface area (Å²) in [4.78, 5) is 14.2. The van der Waals surface area contributed by atoms with Gasteiger partial charge in [-0.25, -0.2) is 14.1 Å². The molecule has 0 atom stereocenters. The van der Waals surface area contributed by atoms with Gasteiger partial charge in [0.2, 0.25) is 5.95 Å². The van der Waals surface area contributed by atoms with Crippen LogP contribution >= 0.6 is 0 Å². The Balaban J connectivity index is 1.32. The van der Waals surface area contributed by atoms with E-state index in [4.69, 9.17) is 30.3 Å². The summed E-state index contributed by atoms with van der Waals surface area (Å²) >= 11 is 0. The average molecular weight is 554 g/mol. The van der Waals surface area contributed by atoms with Crippen molar-refractivity contribution in [3.8, 4) is 22.8 Å². The van der Waals surface area contributed by atoms with Crippen LogP contribution in [-0.4, -0.2) is 65.0 Å². The summed E-state index contributed by atoms with van der Waals surface area (Å²) in [6.07, 6.45) is 0. The molecule has 0 aliphatic carbocycles. The average Bonchev–Trinajstić information content (AvgIpc) is 3.32. The Morgan fingerprint density at radius 1 is 0.805 bits per heavy atom. The van der Waals surface area contributed by atoms with E-state index in [-0.39, 0.29) is 0 Å². The lowest BCUT2D eigenvalue weighted by molar-refractivity contribution is 0.248. The van der Waals surface area contributed by atoms with Crippen molar-refractivity contribution in [3.05, 3.63) is 89.7 Å². The van der Waals surface area contributed by atoms with E-state index in [0.29, 0.717) is 46.4 Å². The number of aromatic nitrogens is 4. The minimum atomic E-state index is -0.449. The Labute approximate surface area is 237 Å². The first-order valence-electron chi connectivity index (χ1n) is 13.5. The van der Waals surface area contributed by atoms with Crippen molar-refractivity contribution in [1.82, 2.24) is 24.6 Å². The topological polar surface area (TPSA) is 94.6 Å². The highest BCUT2D eigenvalue weighted by atomic mass is 19.1. The number of benzene rings is 3. The van der Waals surface area contributed by atoms with Gasteiger partial charge in [0.1, 0.15) is 23.1 Å². The van der Waals surface area contributed by atoms with Gasteiger partial charge in [-0.05, 0) is 35.4 Å². The minimum absolute atomic E-state index is 0.323. The number of methoxy groups -OCH3 is 2. The van der Waals surface area contributed by atoms with Crippen LogP contribution in [0.25, 0.3) is 22.3 Å². The van der Waals surface area contributed by atoms with Crippen molar-refractivity contribution in [3.63, 3.8) is 0 Å². The van der Waals surface area contributed by atoms with Crippen LogP contribution < -0.4 is 20.1 Å². The fourth-order valence-corrected chi connectivity index (χ4v) is 5.17. The second kappa shape index (κ2) is 11.4. The second-order valence-electron chi connectivity index (χ2n) is 10.1. The summed E-state index contributed by atoms with van der Waals surface area (Å²) in [7, 11) is 3.18. The smallest absolute Gasteiger partial charge is 0.228 e. The molecule has 1 saturated heterocycles. The van der Waals surface area contributed by atoms with Gasteiger partial charge in [-0.15, -0.1) is 5.10 Å². The Kier molecular flexibility index (Phi) is 7.39. The van der Waals surface area contributed by atoms with E-state index in [1.165, 1.54) is 18.7 Å². The molecule has 0 bridgehead atoms. The van der Waals surface area contributed by atoms with Gasteiger partial charge in [-0.3, -0.25) is 4.90 Å². The number of halogens is 1. The van der Waals surface area contributed by atoms with Gasteiger partial charge in [0.05, 0.1) is 31.8 Å². The molecule has 0 saturated carbocycles. The lowest BCUT2D eigenvalue weighted by Crippen LogP contribution is -2.46. The standard InChI is InChI=1S/C31H32FN7O2/c1-40-23-10-8-22(9-11-23)19-37-14-16-38(17-15-37)31-34-28(25-13-12-24(41-2)18-26(25)32)27-29(33)39(36-30(27)35-31)20-21-6-4-3-5-7-21/h3-13,18H,14-17,19-20,33H2,1-2H3. The molecule has 0 radical (unpaired) electrons. The van der Waals surface area contributed by atoms with Crippen LogP contribution in [0.15, 0.2) is 72.8 Å². The van der Waals surface area contributed by atoms with Crippen LogP contribution in [0.4, 0.5) is 16.2 Å². The fourth-order valence-electron chi connectivity index (χ4n) is 5.17. The molecule has 210 valence electrons. The molecule has 1 fully saturated rings.